The molecule has 1 aromatic heterocycles. The summed E-state index contributed by atoms with van der Waals surface area (Å²) < 4.78 is 5.17. The third-order valence-electron chi connectivity index (χ3n) is 4.70. The Morgan fingerprint density at radius 2 is 1.84 bits per heavy atom. The summed E-state index contributed by atoms with van der Waals surface area (Å²) in [6, 6.07) is 6.93. The number of aromatic amines is 1. The van der Waals surface area contributed by atoms with E-state index in [0.29, 0.717) is 10.8 Å². The molecule has 1 aromatic carbocycles. The molecule has 2 heterocycles. The van der Waals surface area contributed by atoms with Crippen LogP contribution in [0, 0.1) is 0 Å². The van der Waals surface area contributed by atoms with Crippen LogP contribution >= 0.6 is 0 Å². The van der Waals surface area contributed by atoms with Crippen molar-refractivity contribution in [3.05, 3.63) is 40.3 Å². The van der Waals surface area contributed by atoms with Gasteiger partial charge in [-0.3, -0.25) is 9.59 Å². The summed E-state index contributed by atoms with van der Waals surface area (Å²) in [6.45, 7) is 3.68. The van der Waals surface area contributed by atoms with E-state index in [1.54, 1.807) is 29.2 Å². The normalized spacial score (nSPS) is 20.5. The zero-order valence-corrected chi connectivity index (χ0v) is 14.3. The fourth-order valence-electron chi connectivity index (χ4n) is 3.45. The molecular formula is C18H21N3O4. The summed E-state index contributed by atoms with van der Waals surface area (Å²) in [4.78, 5) is 38.3. The third-order valence-corrected chi connectivity index (χ3v) is 4.70. The number of ether oxygens (including phenoxy) is 1. The maximum atomic E-state index is 12.4. The number of carbonyl (C=O) groups excluding carboxylic acids is 2. The summed E-state index contributed by atoms with van der Waals surface area (Å²) in [6.07, 6.45) is 3.01. The molecule has 2 atom stereocenters. The molecule has 3 rings (SSSR count). The summed E-state index contributed by atoms with van der Waals surface area (Å²) in [7, 11) is 0. The molecule has 2 aromatic rings. The molecule has 1 aliphatic rings. The molecule has 0 aliphatic carbocycles. The number of nitrogens with one attached hydrogen (secondary N) is 1. The zero-order chi connectivity index (χ0) is 18.0. The molecule has 25 heavy (non-hydrogen) atoms. The summed E-state index contributed by atoms with van der Waals surface area (Å²) >= 11 is 0. The number of hydrogen-bond donors (Lipinski definition) is 1. The van der Waals surface area contributed by atoms with Gasteiger partial charge in [0.25, 0.3) is 11.5 Å². The van der Waals surface area contributed by atoms with Gasteiger partial charge in [-0.1, -0.05) is 18.2 Å². The number of nitrogens with zero attached hydrogens (tertiary/aromatic N) is 2. The molecule has 7 nitrogen and oxygen atoms in total. The van der Waals surface area contributed by atoms with Gasteiger partial charge in [-0.2, -0.15) is 5.10 Å². The van der Waals surface area contributed by atoms with Gasteiger partial charge in [0.2, 0.25) is 0 Å². The smallest absolute Gasteiger partial charge is 0.359 e. The van der Waals surface area contributed by atoms with Crippen molar-refractivity contribution in [2.45, 2.75) is 45.2 Å². The van der Waals surface area contributed by atoms with Crippen LogP contribution < -0.4 is 5.56 Å². The van der Waals surface area contributed by atoms with Crippen LogP contribution in [-0.2, 0) is 9.53 Å². The van der Waals surface area contributed by atoms with Crippen molar-refractivity contribution in [2.75, 3.05) is 6.61 Å². The van der Waals surface area contributed by atoms with E-state index in [9.17, 15) is 14.4 Å². The molecule has 0 bridgehead atoms. The van der Waals surface area contributed by atoms with Crippen LogP contribution in [0.2, 0.25) is 0 Å². The first kappa shape index (κ1) is 17.1. The minimum atomic E-state index is -0.724. The largest absolute Gasteiger partial charge is 0.451 e. The van der Waals surface area contributed by atoms with E-state index in [-0.39, 0.29) is 35.9 Å². The summed E-state index contributed by atoms with van der Waals surface area (Å²) in [5.41, 5.74) is -0.373. The lowest BCUT2D eigenvalue weighted by molar-refractivity contribution is -0.140. The number of likely N-dealkylation sites (tertiary alicyclic amines) is 1. The highest BCUT2D eigenvalue weighted by molar-refractivity contribution is 6.02. The molecule has 1 amide bonds. The number of benzene rings is 1. The second-order valence-corrected chi connectivity index (χ2v) is 6.45. The van der Waals surface area contributed by atoms with E-state index in [1.807, 2.05) is 13.8 Å². The van der Waals surface area contributed by atoms with Crippen molar-refractivity contribution >= 4 is 22.6 Å². The van der Waals surface area contributed by atoms with Gasteiger partial charge in [-0.15, -0.1) is 0 Å². The van der Waals surface area contributed by atoms with Gasteiger partial charge in [0.15, 0.2) is 12.3 Å². The number of piperidine rings is 1. The first-order valence-corrected chi connectivity index (χ1v) is 8.44. The monoisotopic (exact) mass is 343 g/mol. The van der Waals surface area contributed by atoms with Crippen molar-refractivity contribution in [1.82, 2.24) is 15.1 Å². The van der Waals surface area contributed by atoms with E-state index in [1.165, 1.54) is 0 Å². The van der Waals surface area contributed by atoms with Crippen molar-refractivity contribution < 1.29 is 14.3 Å². The van der Waals surface area contributed by atoms with Gasteiger partial charge in [0.1, 0.15) is 0 Å². The van der Waals surface area contributed by atoms with Crippen molar-refractivity contribution in [2.24, 2.45) is 0 Å². The van der Waals surface area contributed by atoms with Gasteiger partial charge < -0.3 is 9.64 Å². The summed E-state index contributed by atoms with van der Waals surface area (Å²) in [5.74, 6) is -0.931. The predicted molar refractivity (Wildman–Crippen MR) is 92.3 cm³/mol. The first-order valence-electron chi connectivity index (χ1n) is 8.44. The Morgan fingerprint density at radius 3 is 2.52 bits per heavy atom. The maximum absolute atomic E-state index is 12.4. The molecule has 0 radical (unpaired) electrons. The molecule has 1 fully saturated rings. The molecule has 0 spiro atoms. The Labute approximate surface area is 145 Å². The second-order valence-electron chi connectivity index (χ2n) is 6.45. The van der Waals surface area contributed by atoms with Crippen LogP contribution in [0.3, 0.4) is 0 Å². The van der Waals surface area contributed by atoms with Crippen LogP contribution in [0.25, 0.3) is 10.8 Å². The fourth-order valence-corrected chi connectivity index (χ4v) is 3.45. The number of hydrogen-bond acceptors (Lipinski definition) is 5. The van der Waals surface area contributed by atoms with Crippen LogP contribution in [0.5, 0.6) is 0 Å². The summed E-state index contributed by atoms with van der Waals surface area (Å²) in [5, 5.41) is 6.84. The number of aromatic nitrogens is 2. The van der Waals surface area contributed by atoms with Crippen LogP contribution in [-0.4, -0.2) is 45.7 Å². The molecule has 7 heteroatoms. The van der Waals surface area contributed by atoms with E-state index in [4.69, 9.17) is 4.74 Å². The van der Waals surface area contributed by atoms with Crippen LogP contribution in [0.4, 0.5) is 0 Å². The van der Waals surface area contributed by atoms with Gasteiger partial charge in [-0.25, -0.2) is 9.89 Å². The predicted octanol–water partition coefficient (Wildman–Crippen LogP) is 1.87. The Morgan fingerprint density at radius 1 is 1.20 bits per heavy atom. The van der Waals surface area contributed by atoms with Crippen molar-refractivity contribution in [3.63, 3.8) is 0 Å². The number of H-pyrrole nitrogens is 1. The lowest BCUT2D eigenvalue weighted by atomic mass is 9.97. The molecule has 1 N–H and O–H groups in total. The van der Waals surface area contributed by atoms with Crippen LogP contribution in [0.15, 0.2) is 29.1 Å². The van der Waals surface area contributed by atoms with Crippen molar-refractivity contribution in [3.8, 4) is 0 Å². The Hall–Kier alpha value is -2.70. The minimum absolute atomic E-state index is 0.00254. The highest BCUT2D eigenvalue weighted by Crippen LogP contribution is 2.22. The standard InChI is InChI=1S/C18H21N3O4/c1-11-6-5-7-12(2)21(11)15(22)10-25-18(24)16-13-8-3-4-9-14(13)17(23)20-19-16/h3-4,8-9,11-12H,5-7,10H2,1-2H3,(H,20,23). The molecule has 132 valence electrons. The zero-order valence-electron chi connectivity index (χ0n) is 14.3. The van der Waals surface area contributed by atoms with E-state index < -0.39 is 5.97 Å². The van der Waals surface area contributed by atoms with Gasteiger partial charge in [0.05, 0.1) is 5.39 Å². The van der Waals surface area contributed by atoms with E-state index in [2.05, 4.69) is 10.2 Å². The van der Waals surface area contributed by atoms with Gasteiger partial charge in [0, 0.05) is 17.5 Å². The molecule has 2 unspecified atom stereocenters. The number of rotatable bonds is 3. The highest BCUT2D eigenvalue weighted by Gasteiger charge is 2.29. The SMILES string of the molecule is CC1CCCC(C)N1C(=O)COC(=O)c1n[nH]c(=O)c2ccccc12. The Balaban J connectivity index is 1.74. The first-order chi connectivity index (χ1) is 12.0. The topological polar surface area (TPSA) is 92.4 Å². The molecule has 0 saturated carbocycles. The Kier molecular flexibility index (Phi) is 4.83. The Bertz CT molecular complexity index is 851. The van der Waals surface area contributed by atoms with Gasteiger partial charge >= 0.3 is 5.97 Å². The lowest BCUT2D eigenvalue weighted by Crippen LogP contribution is -2.49. The van der Waals surface area contributed by atoms with Gasteiger partial charge in [-0.05, 0) is 39.2 Å². The number of carbonyl (C=O) groups is 2. The molecule has 1 saturated heterocycles. The second kappa shape index (κ2) is 7.04. The highest BCUT2D eigenvalue weighted by atomic mass is 16.5. The average Bonchev–Trinajstić information content (AvgIpc) is 2.60. The lowest BCUT2D eigenvalue weighted by Gasteiger charge is -2.38. The number of amides is 1. The molecular weight excluding hydrogens is 322 g/mol. The quantitative estimate of drug-likeness (QED) is 0.859. The maximum Gasteiger partial charge on any atom is 0.359 e. The van der Waals surface area contributed by atoms with E-state index >= 15 is 0 Å². The van der Waals surface area contributed by atoms with E-state index in [0.717, 1.165) is 19.3 Å². The minimum Gasteiger partial charge on any atom is -0.451 e. The average molecular weight is 343 g/mol. The van der Waals surface area contributed by atoms with Crippen LogP contribution in [0.1, 0.15) is 43.6 Å². The number of fused-ring (bicyclic) bond motifs is 1. The number of esters is 1. The van der Waals surface area contributed by atoms with Crippen molar-refractivity contribution in [1.29, 1.82) is 0 Å². The third kappa shape index (κ3) is 3.40. The molecule has 1 aliphatic heterocycles. The fraction of sp³-hybridized carbons (Fsp3) is 0.444.